The van der Waals surface area contributed by atoms with Gasteiger partial charge in [-0.1, -0.05) is 133 Å². The Balaban J connectivity index is 1.15. The zero-order valence-electron chi connectivity index (χ0n) is 32.7. The Bertz CT molecular complexity index is 2660. The highest BCUT2D eigenvalue weighted by atomic mass is 15.4. The van der Waals surface area contributed by atoms with Crippen LogP contribution >= 0.6 is 0 Å². The number of fused-ring (bicyclic) bond motifs is 4. The van der Waals surface area contributed by atoms with Gasteiger partial charge in [-0.05, 0) is 106 Å². The van der Waals surface area contributed by atoms with E-state index < -0.39 is 0 Å². The molecular formula is C51H48N4. The van der Waals surface area contributed by atoms with Crippen molar-refractivity contribution in [2.24, 2.45) is 0 Å². The van der Waals surface area contributed by atoms with Gasteiger partial charge in [0, 0.05) is 33.8 Å². The number of hydrogen-bond acceptors (Lipinski definition) is 3. The van der Waals surface area contributed by atoms with Crippen molar-refractivity contribution in [1.29, 1.82) is 0 Å². The SMILES string of the molecule is CC(C)c1cccc(C(C)C)c1-c1ccnc(-n2c3ccccc3c3ccc(C(C)(C)c4cccc(N5CN(c6ccccc6)c6ccccc65)c4)cc32)c1. The number of para-hydroxylation sites is 4. The predicted octanol–water partition coefficient (Wildman–Crippen LogP) is 13.7. The fraction of sp³-hybridized carbons (Fsp3) is 0.196. The van der Waals surface area contributed by atoms with E-state index in [2.05, 4.69) is 208 Å². The molecule has 9 rings (SSSR count). The highest BCUT2D eigenvalue weighted by Gasteiger charge is 2.30. The summed E-state index contributed by atoms with van der Waals surface area (Å²) >= 11 is 0. The normalized spacial score (nSPS) is 13.1. The van der Waals surface area contributed by atoms with Crippen LogP contribution in [0.5, 0.6) is 0 Å². The molecule has 0 radical (unpaired) electrons. The predicted molar refractivity (Wildman–Crippen MR) is 233 cm³/mol. The fourth-order valence-electron chi connectivity index (χ4n) is 8.68. The van der Waals surface area contributed by atoms with E-state index in [1.54, 1.807) is 0 Å². The van der Waals surface area contributed by atoms with Gasteiger partial charge in [0.2, 0.25) is 0 Å². The summed E-state index contributed by atoms with van der Waals surface area (Å²) in [5.74, 6) is 1.75. The monoisotopic (exact) mass is 716 g/mol. The minimum absolute atomic E-state index is 0.276. The van der Waals surface area contributed by atoms with Gasteiger partial charge in [-0.3, -0.25) is 4.57 Å². The molecule has 0 atom stereocenters. The van der Waals surface area contributed by atoms with Crippen molar-refractivity contribution in [3.8, 4) is 16.9 Å². The van der Waals surface area contributed by atoms with Crippen LogP contribution in [0.25, 0.3) is 38.8 Å². The summed E-state index contributed by atoms with van der Waals surface area (Å²) in [5, 5.41) is 2.47. The van der Waals surface area contributed by atoms with Gasteiger partial charge in [0.15, 0.2) is 0 Å². The van der Waals surface area contributed by atoms with E-state index in [-0.39, 0.29) is 5.41 Å². The Labute approximate surface area is 325 Å². The summed E-state index contributed by atoms with van der Waals surface area (Å²) in [4.78, 5) is 9.89. The molecule has 2 aromatic heterocycles. The van der Waals surface area contributed by atoms with Gasteiger partial charge in [0.05, 0.1) is 22.4 Å². The molecule has 0 fully saturated rings. The average Bonchev–Trinajstić information content (AvgIpc) is 3.77. The number of rotatable bonds is 8. The minimum atomic E-state index is -0.276. The van der Waals surface area contributed by atoms with Crippen LogP contribution in [0.15, 0.2) is 158 Å². The number of anilines is 4. The van der Waals surface area contributed by atoms with Gasteiger partial charge in [0.1, 0.15) is 12.5 Å². The van der Waals surface area contributed by atoms with Gasteiger partial charge >= 0.3 is 0 Å². The Morgan fingerprint density at radius 3 is 1.85 bits per heavy atom. The van der Waals surface area contributed by atoms with E-state index in [1.807, 2.05) is 6.20 Å². The molecule has 0 saturated carbocycles. The molecule has 3 heterocycles. The molecule has 0 spiro atoms. The molecule has 0 amide bonds. The summed E-state index contributed by atoms with van der Waals surface area (Å²) in [6.45, 7) is 14.6. The lowest BCUT2D eigenvalue weighted by atomic mass is 9.77. The highest BCUT2D eigenvalue weighted by molar-refractivity contribution is 6.09. The number of nitrogens with zero attached hydrogens (tertiary/aromatic N) is 4. The Hall–Kier alpha value is -6.13. The fourth-order valence-corrected chi connectivity index (χ4v) is 8.68. The molecule has 55 heavy (non-hydrogen) atoms. The van der Waals surface area contributed by atoms with Crippen molar-refractivity contribution in [1.82, 2.24) is 9.55 Å². The first kappa shape index (κ1) is 34.6. The van der Waals surface area contributed by atoms with E-state index in [0.717, 1.165) is 18.0 Å². The summed E-state index contributed by atoms with van der Waals surface area (Å²) in [6, 6.07) is 55.6. The highest BCUT2D eigenvalue weighted by Crippen LogP contribution is 2.46. The second kappa shape index (κ2) is 13.6. The van der Waals surface area contributed by atoms with E-state index in [4.69, 9.17) is 4.98 Å². The second-order valence-electron chi connectivity index (χ2n) is 16.1. The van der Waals surface area contributed by atoms with Crippen molar-refractivity contribution in [2.45, 2.75) is 58.8 Å². The molecule has 6 aromatic carbocycles. The topological polar surface area (TPSA) is 24.3 Å². The molecule has 0 bridgehead atoms. The van der Waals surface area contributed by atoms with Crippen molar-refractivity contribution < 1.29 is 0 Å². The quantitative estimate of drug-likeness (QED) is 0.156. The van der Waals surface area contributed by atoms with Crippen molar-refractivity contribution in [3.05, 3.63) is 180 Å². The maximum Gasteiger partial charge on any atom is 0.138 e. The largest absolute Gasteiger partial charge is 0.321 e. The van der Waals surface area contributed by atoms with Crippen LogP contribution < -0.4 is 9.80 Å². The molecule has 1 aliphatic heterocycles. The standard InChI is InChI=1S/C51H48N4/c1-34(2)41-21-15-22-42(35(3)4)50(41)36-28-29-52-49(30-36)55-45-23-11-10-20-43(45)44-27-26-38(32-48(44)55)51(5,6)37-16-14-19-40(31-37)54-33-53(39-17-8-7-9-18-39)46-24-12-13-25-47(46)54/h7-32,34-35H,33H2,1-6H3. The van der Waals surface area contributed by atoms with Crippen LogP contribution in [-0.4, -0.2) is 16.2 Å². The van der Waals surface area contributed by atoms with Crippen molar-refractivity contribution in [2.75, 3.05) is 16.5 Å². The van der Waals surface area contributed by atoms with Crippen LogP contribution in [0.4, 0.5) is 22.7 Å². The van der Waals surface area contributed by atoms with Gasteiger partial charge in [-0.2, -0.15) is 0 Å². The summed E-state index contributed by atoms with van der Waals surface area (Å²) in [7, 11) is 0. The van der Waals surface area contributed by atoms with Crippen LogP contribution in [0.3, 0.4) is 0 Å². The molecule has 272 valence electrons. The van der Waals surface area contributed by atoms with E-state index >= 15 is 0 Å². The molecule has 4 nitrogen and oxygen atoms in total. The second-order valence-corrected chi connectivity index (χ2v) is 16.1. The number of pyridine rings is 1. The maximum absolute atomic E-state index is 5.06. The van der Waals surface area contributed by atoms with Gasteiger partial charge < -0.3 is 9.80 Å². The minimum Gasteiger partial charge on any atom is -0.321 e. The van der Waals surface area contributed by atoms with Crippen LogP contribution in [-0.2, 0) is 5.41 Å². The zero-order valence-corrected chi connectivity index (χ0v) is 32.7. The summed E-state index contributed by atoms with van der Waals surface area (Å²) < 4.78 is 2.37. The third kappa shape index (κ3) is 5.88. The molecule has 0 N–H and O–H groups in total. The number of aromatic nitrogens is 2. The van der Waals surface area contributed by atoms with Crippen LogP contribution in [0.1, 0.15) is 75.6 Å². The Morgan fingerprint density at radius 2 is 1.13 bits per heavy atom. The first-order valence-corrected chi connectivity index (χ1v) is 19.6. The summed E-state index contributed by atoms with van der Waals surface area (Å²) in [5.41, 5.74) is 14.7. The third-order valence-electron chi connectivity index (χ3n) is 11.7. The maximum atomic E-state index is 5.06. The summed E-state index contributed by atoms with van der Waals surface area (Å²) in [6.07, 6.45) is 1.99. The molecule has 4 heteroatoms. The average molecular weight is 717 g/mol. The van der Waals surface area contributed by atoms with Crippen molar-refractivity contribution in [3.63, 3.8) is 0 Å². The molecule has 0 unspecified atom stereocenters. The molecular weight excluding hydrogens is 669 g/mol. The van der Waals surface area contributed by atoms with E-state index in [9.17, 15) is 0 Å². The first-order chi connectivity index (χ1) is 26.7. The number of hydrogen-bond donors (Lipinski definition) is 0. The lowest BCUT2D eigenvalue weighted by Crippen LogP contribution is -2.25. The Kier molecular flexibility index (Phi) is 8.57. The lowest BCUT2D eigenvalue weighted by molar-refractivity contribution is 0.641. The van der Waals surface area contributed by atoms with Crippen LogP contribution in [0, 0.1) is 0 Å². The van der Waals surface area contributed by atoms with Gasteiger partial charge in [-0.25, -0.2) is 4.98 Å². The molecule has 8 aromatic rings. The van der Waals surface area contributed by atoms with E-state index in [1.165, 1.54) is 72.4 Å². The first-order valence-electron chi connectivity index (χ1n) is 19.6. The molecule has 0 saturated heterocycles. The zero-order chi connectivity index (χ0) is 37.8. The Morgan fingerprint density at radius 1 is 0.527 bits per heavy atom. The molecule has 1 aliphatic rings. The van der Waals surface area contributed by atoms with Gasteiger partial charge in [0.25, 0.3) is 0 Å². The van der Waals surface area contributed by atoms with Gasteiger partial charge in [-0.15, -0.1) is 0 Å². The van der Waals surface area contributed by atoms with Crippen molar-refractivity contribution >= 4 is 44.6 Å². The molecule has 0 aliphatic carbocycles. The smallest absolute Gasteiger partial charge is 0.138 e. The van der Waals surface area contributed by atoms with E-state index in [0.29, 0.717) is 11.8 Å². The number of benzene rings is 6. The van der Waals surface area contributed by atoms with Crippen LogP contribution in [0.2, 0.25) is 0 Å². The third-order valence-corrected chi connectivity index (χ3v) is 11.7. The lowest BCUT2D eigenvalue weighted by Gasteiger charge is -2.29.